The molecule has 0 spiro atoms. The number of benzene rings is 3. The molecule has 0 amide bonds. The highest BCUT2D eigenvalue weighted by Gasteiger charge is 2.24. The van der Waals surface area contributed by atoms with Gasteiger partial charge in [-0.05, 0) is 92.4 Å². The maximum Gasteiger partial charge on any atom is 0.150 e. The highest BCUT2D eigenvalue weighted by atomic mass is 16.5. The summed E-state index contributed by atoms with van der Waals surface area (Å²) in [5.41, 5.74) is 3.57. The molecule has 3 aromatic carbocycles. The summed E-state index contributed by atoms with van der Waals surface area (Å²) in [5.74, 6) is 0.918. The van der Waals surface area contributed by atoms with E-state index in [0.29, 0.717) is 11.6 Å². The smallest absolute Gasteiger partial charge is 0.150 e. The van der Waals surface area contributed by atoms with E-state index in [4.69, 9.17) is 14.6 Å². The highest BCUT2D eigenvalue weighted by molar-refractivity contribution is 5.97. The molecule has 184 valence electrons. The highest BCUT2D eigenvalue weighted by Crippen LogP contribution is 2.35. The molecule has 1 unspecified atom stereocenters. The zero-order valence-corrected chi connectivity index (χ0v) is 20.8. The fourth-order valence-electron chi connectivity index (χ4n) is 5.71. The first-order chi connectivity index (χ1) is 17.7. The van der Waals surface area contributed by atoms with E-state index in [1.807, 2.05) is 22.9 Å². The van der Waals surface area contributed by atoms with Gasteiger partial charge in [0, 0.05) is 23.6 Å². The van der Waals surface area contributed by atoms with E-state index in [-0.39, 0.29) is 6.23 Å². The average molecular weight is 481 g/mol. The summed E-state index contributed by atoms with van der Waals surface area (Å²) in [7, 11) is 0. The number of hydrogen-bond donors (Lipinski definition) is 0. The van der Waals surface area contributed by atoms with Crippen molar-refractivity contribution in [1.29, 1.82) is 5.26 Å². The number of fused-ring (bicyclic) bond motifs is 2. The topological polar surface area (TPSA) is 63.3 Å². The molecular weight excluding hydrogens is 448 g/mol. The van der Waals surface area contributed by atoms with Crippen LogP contribution < -0.4 is 4.74 Å². The Morgan fingerprint density at radius 3 is 2.75 bits per heavy atom. The summed E-state index contributed by atoms with van der Waals surface area (Å²) in [6.45, 7) is 5.99. The summed E-state index contributed by atoms with van der Waals surface area (Å²) in [6, 6.07) is 21.4. The Kier molecular flexibility index (Phi) is 6.35. The predicted octanol–water partition coefficient (Wildman–Crippen LogP) is 6.29. The molecule has 36 heavy (non-hydrogen) atoms. The van der Waals surface area contributed by atoms with Gasteiger partial charge in [-0.25, -0.2) is 4.68 Å². The first-order valence-corrected chi connectivity index (χ1v) is 13.2. The Morgan fingerprint density at radius 2 is 1.92 bits per heavy atom. The fraction of sp³-hybridized carbons (Fsp3) is 0.400. The molecule has 6 heteroatoms. The van der Waals surface area contributed by atoms with E-state index >= 15 is 0 Å². The van der Waals surface area contributed by atoms with Gasteiger partial charge in [0.25, 0.3) is 0 Å². The lowest BCUT2D eigenvalue weighted by Gasteiger charge is -2.23. The summed E-state index contributed by atoms with van der Waals surface area (Å²) >= 11 is 0. The Bertz CT molecular complexity index is 1430. The van der Waals surface area contributed by atoms with E-state index in [1.54, 1.807) is 0 Å². The minimum atomic E-state index is -0.0633. The second kappa shape index (κ2) is 9.93. The number of hydrogen-bond acceptors (Lipinski definition) is 5. The van der Waals surface area contributed by atoms with Gasteiger partial charge in [0.15, 0.2) is 6.23 Å². The van der Waals surface area contributed by atoms with Gasteiger partial charge in [-0.3, -0.25) is 4.90 Å². The van der Waals surface area contributed by atoms with Gasteiger partial charge < -0.3 is 9.47 Å². The molecule has 0 N–H and O–H groups in total. The molecule has 2 aliphatic rings. The van der Waals surface area contributed by atoms with Crippen LogP contribution in [0.5, 0.6) is 5.75 Å². The van der Waals surface area contributed by atoms with Gasteiger partial charge in [0.05, 0.1) is 17.1 Å². The van der Waals surface area contributed by atoms with Crippen LogP contribution in [-0.2, 0) is 4.74 Å². The molecule has 2 aliphatic heterocycles. The van der Waals surface area contributed by atoms with Crippen molar-refractivity contribution < 1.29 is 9.47 Å². The molecular formula is C30H32N4O2. The van der Waals surface area contributed by atoms with Crippen LogP contribution in [0.2, 0.25) is 0 Å². The van der Waals surface area contributed by atoms with Crippen LogP contribution in [0.1, 0.15) is 50.8 Å². The SMILES string of the molecule is CCN1CCCC1COc1ccc2cc(-c3nn([C@@H]4CCCCO4)c4ccc(C#N)cc34)ccc2c1. The van der Waals surface area contributed by atoms with Crippen molar-refractivity contribution in [3.8, 4) is 23.1 Å². The minimum absolute atomic E-state index is 0.0633. The van der Waals surface area contributed by atoms with Gasteiger partial charge in [-0.15, -0.1) is 0 Å². The number of likely N-dealkylation sites (N-methyl/N-ethyl adjacent to an activating group) is 1. The van der Waals surface area contributed by atoms with Crippen molar-refractivity contribution in [2.75, 3.05) is 26.3 Å². The molecule has 6 rings (SSSR count). The predicted molar refractivity (Wildman–Crippen MR) is 142 cm³/mol. The molecule has 0 bridgehead atoms. The van der Waals surface area contributed by atoms with Crippen LogP contribution in [-0.4, -0.2) is 47.0 Å². The third kappa shape index (κ3) is 4.34. The Labute approximate surface area is 212 Å². The quantitative estimate of drug-likeness (QED) is 0.324. The first kappa shape index (κ1) is 23.0. The zero-order valence-electron chi connectivity index (χ0n) is 20.8. The Balaban J connectivity index is 1.32. The van der Waals surface area contributed by atoms with Gasteiger partial charge in [-0.2, -0.15) is 10.4 Å². The summed E-state index contributed by atoms with van der Waals surface area (Å²) in [6.07, 6.45) is 5.59. The normalized spacial score (nSPS) is 20.7. The lowest BCUT2D eigenvalue weighted by Crippen LogP contribution is -2.33. The van der Waals surface area contributed by atoms with Crippen molar-refractivity contribution in [3.05, 3.63) is 60.2 Å². The number of aromatic nitrogens is 2. The first-order valence-electron chi connectivity index (χ1n) is 13.2. The summed E-state index contributed by atoms with van der Waals surface area (Å²) < 4.78 is 14.3. The Morgan fingerprint density at radius 1 is 1.03 bits per heavy atom. The zero-order chi connectivity index (χ0) is 24.5. The molecule has 3 heterocycles. The Hall–Kier alpha value is -3.40. The van der Waals surface area contributed by atoms with Crippen LogP contribution in [0, 0.1) is 11.3 Å². The molecule has 6 nitrogen and oxygen atoms in total. The molecule has 2 fully saturated rings. The van der Waals surface area contributed by atoms with Crippen molar-refractivity contribution in [2.24, 2.45) is 0 Å². The van der Waals surface area contributed by atoms with Crippen molar-refractivity contribution >= 4 is 21.7 Å². The van der Waals surface area contributed by atoms with Gasteiger partial charge in [0.2, 0.25) is 0 Å². The maximum absolute atomic E-state index is 9.51. The molecule has 0 radical (unpaired) electrons. The van der Waals surface area contributed by atoms with Crippen molar-refractivity contribution in [2.45, 2.75) is 51.3 Å². The molecule has 0 saturated carbocycles. The minimum Gasteiger partial charge on any atom is -0.492 e. The van der Waals surface area contributed by atoms with Gasteiger partial charge in [-0.1, -0.05) is 25.1 Å². The standard InChI is InChI=1S/C30H32N4O2/c1-2-33-14-5-6-25(33)20-36-26-12-11-22-17-24(10-9-23(22)18-26)30-27-16-21(19-31)8-13-28(27)34(32-30)29-7-3-4-15-35-29/h8-13,16-18,25,29H,2-7,14-15,20H2,1H3/t25?,29-/m0/s1. The lowest BCUT2D eigenvalue weighted by molar-refractivity contribution is -0.0365. The molecule has 2 saturated heterocycles. The molecule has 2 atom stereocenters. The lowest BCUT2D eigenvalue weighted by atomic mass is 10.0. The number of likely N-dealkylation sites (tertiary alicyclic amines) is 1. The maximum atomic E-state index is 9.51. The van der Waals surface area contributed by atoms with Gasteiger partial charge in [0.1, 0.15) is 18.1 Å². The molecule has 0 aliphatic carbocycles. The van der Waals surface area contributed by atoms with E-state index in [1.165, 1.54) is 19.4 Å². The van der Waals surface area contributed by atoms with Crippen LogP contribution in [0.4, 0.5) is 0 Å². The monoisotopic (exact) mass is 480 g/mol. The van der Waals surface area contributed by atoms with Crippen LogP contribution in [0.3, 0.4) is 0 Å². The number of rotatable bonds is 6. The summed E-state index contributed by atoms with van der Waals surface area (Å²) in [5, 5.41) is 17.8. The largest absolute Gasteiger partial charge is 0.492 e. The van der Waals surface area contributed by atoms with E-state index in [2.05, 4.69) is 54.3 Å². The number of ether oxygens (including phenoxy) is 2. The molecule has 4 aromatic rings. The van der Waals surface area contributed by atoms with Gasteiger partial charge >= 0.3 is 0 Å². The second-order valence-electron chi connectivity index (χ2n) is 9.92. The fourth-order valence-corrected chi connectivity index (χ4v) is 5.71. The van der Waals surface area contributed by atoms with Crippen LogP contribution >= 0.6 is 0 Å². The van der Waals surface area contributed by atoms with Crippen molar-refractivity contribution in [1.82, 2.24) is 14.7 Å². The molecule has 1 aromatic heterocycles. The number of nitriles is 1. The average Bonchev–Trinajstić information content (AvgIpc) is 3.56. The third-order valence-corrected chi connectivity index (χ3v) is 7.70. The van der Waals surface area contributed by atoms with E-state index < -0.39 is 0 Å². The second-order valence-corrected chi connectivity index (χ2v) is 9.92. The van der Waals surface area contributed by atoms with Crippen LogP contribution in [0.25, 0.3) is 32.9 Å². The van der Waals surface area contributed by atoms with E-state index in [9.17, 15) is 5.26 Å². The number of nitrogens with zero attached hydrogens (tertiary/aromatic N) is 4. The van der Waals surface area contributed by atoms with E-state index in [0.717, 1.165) is 77.7 Å². The third-order valence-electron chi connectivity index (χ3n) is 7.70. The summed E-state index contributed by atoms with van der Waals surface area (Å²) in [4.78, 5) is 2.51. The van der Waals surface area contributed by atoms with Crippen molar-refractivity contribution in [3.63, 3.8) is 0 Å². The van der Waals surface area contributed by atoms with Crippen LogP contribution in [0.15, 0.2) is 54.6 Å².